The molecular weight excluding hydrogens is 472 g/mol. The molecule has 0 spiro atoms. The van der Waals surface area contributed by atoms with E-state index in [1.807, 2.05) is 25.2 Å². The van der Waals surface area contributed by atoms with Crippen LogP contribution in [0.3, 0.4) is 0 Å². The average molecular weight is 490 g/mol. The molecule has 0 saturated heterocycles. The van der Waals surface area contributed by atoms with Crippen LogP contribution in [0, 0.1) is 6.07 Å². The molecule has 1 aliphatic heterocycles. The topological polar surface area (TPSA) is 6.48 Å². The molecule has 0 saturated carbocycles. The van der Waals surface area contributed by atoms with Gasteiger partial charge >= 0.3 is 0 Å². The zero-order valence-electron chi connectivity index (χ0n) is 13.4. The molecule has 121 valence electrons. The Labute approximate surface area is 156 Å². The standard InChI is InChI=1S/C21H17N2.Ir/c1-16-22(2)20-10-6-7-11-21(20)23(16)19-14-12-18(13-15-19)17-8-4-3-5-9-17;/h3-14H,1H2,2H3;/q-1;. The summed E-state index contributed by atoms with van der Waals surface area (Å²) in [5.41, 5.74) is 5.68. The van der Waals surface area contributed by atoms with E-state index in [-0.39, 0.29) is 20.1 Å². The van der Waals surface area contributed by atoms with Gasteiger partial charge in [0.1, 0.15) is 5.82 Å². The van der Waals surface area contributed by atoms with Crippen molar-refractivity contribution < 1.29 is 20.1 Å². The Morgan fingerprint density at radius 1 is 0.792 bits per heavy atom. The van der Waals surface area contributed by atoms with Crippen molar-refractivity contribution in [1.29, 1.82) is 0 Å². The van der Waals surface area contributed by atoms with Crippen molar-refractivity contribution in [3.8, 4) is 11.1 Å². The summed E-state index contributed by atoms with van der Waals surface area (Å²) in [6.45, 7) is 4.22. The quantitative estimate of drug-likeness (QED) is 0.456. The maximum absolute atomic E-state index is 4.22. The van der Waals surface area contributed by atoms with Gasteiger partial charge in [0.25, 0.3) is 0 Å². The number of rotatable bonds is 2. The summed E-state index contributed by atoms with van der Waals surface area (Å²) in [5, 5.41) is 0. The Kier molecular flexibility index (Phi) is 4.57. The van der Waals surface area contributed by atoms with Crippen molar-refractivity contribution in [2.45, 2.75) is 0 Å². The van der Waals surface area contributed by atoms with Gasteiger partial charge in [-0.15, -0.1) is 11.6 Å². The zero-order chi connectivity index (χ0) is 15.8. The molecule has 0 bridgehead atoms. The molecule has 3 aromatic carbocycles. The van der Waals surface area contributed by atoms with E-state index in [0.717, 1.165) is 22.9 Å². The molecule has 3 aromatic rings. The van der Waals surface area contributed by atoms with Gasteiger partial charge in [-0.05, 0) is 12.1 Å². The molecule has 1 heterocycles. The molecule has 0 aliphatic carbocycles. The molecule has 0 aromatic heterocycles. The predicted octanol–water partition coefficient (Wildman–Crippen LogP) is 5.21. The minimum atomic E-state index is 0. The zero-order valence-corrected chi connectivity index (χ0v) is 15.8. The summed E-state index contributed by atoms with van der Waals surface area (Å²) >= 11 is 0. The van der Waals surface area contributed by atoms with Crippen LogP contribution in [0.2, 0.25) is 0 Å². The summed E-state index contributed by atoms with van der Waals surface area (Å²) in [7, 11) is 2.04. The van der Waals surface area contributed by atoms with Crippen LogP contribution >= 0.6 is 0 Å². The van der Waals surface area contributed by atoms with E-state index in [4.69, 9.17) is 0 Å². The number of benzene rings is 3. The van der Waals surface area contributed by atoms with Gasteiger partial charge in [-0.2, -0.15) is 18.2 Å². The fourth-order valence-corrected chi connectivity index (χ4v) is 3.00. The van der Waals surface area contributed by atoms with Crippen LogP contribution in [-0.2, 0) is 20.1 Å². The maximum Gasteiger partial charge on any atom is 0.108 e. The Hall–Kier alpha value is -2.35. The number of fused-ring (bicyclic) bond motifs is 1. The van der Waals surface area contributed by atoms with E-state index in [1.54, 1.807) is 0 Å². The van der Waals surface area contributed by atoms with Gasteiger partial charge in [0.05, 0.1) is 11.4 Å². The van der Waals surface area contributed by atoms with Crippen LogP contribution in [0.15, 0.2) is 85.2 Å². The third-order valence-corrected chi connectivity index (χ3v) is 4.27. The van der Waals surface area contributed by atoms with Gasteiger partial charge in [-0.1, -0.05) is 60.3 Å². The maximum atomic E-state index is 4.22. The number of anilines is 3. The summed E-state index contributed by atoms with van der Waals surface area (Å²) < 4.78 is 0. The van der Waals surface area contributed by atoms with Crippen molar-refractivity contribution in [3.05, 3.63) is 91.3 Å². The summed E-state index contributed by atoms with van der Waals surface area (Å²) in [5.74, 6) is 0.940. The molecule has 4 rings (SSSR count). The van der Waals surface area contributed by atoms with Crippen LogP contribution in [0.5, 0.6) is 0 Å². The van der Waals surface area contributed by atoms with Gasteiger partial charge in [-0.3, -0.25) is 0 Å². The molecule has 0 fully saturated rings. The van der Waals surface area contributed by atoms with Gasteiger partial charge < -0.3 is 9.80 Å². The summed E-state index contributed by atoms with van der Waals surface area (Å²) in [4.78, 5) is 4.25. The normalized spacial score (nSPS) is 12.8. The summed E-state index contributed by atoms with van der Waals surface area (Å²) in [6, 6.07) is 28.4. The van der Waals surface area contributed by atoms with Crippen molar-refractivity contribution in [1.82, 2.24) is 0 Å². The van der Waals surface area contributed by atoms with Crippen LogP contribution in [-0.4, -0.2) is 7.05 Å². The van der Waals surface area contributed by atoms with Crippen molar-refractivity contribution in [2.24, 2.45) is 0 Å². The fraction of sp³-hybridized carbons (Fsp3) is 0.0476. The molecule has 1 aliphatic rings. The number of nitrogens with zero attached hydrogens (tertiary/aromatic N) is 2. The Balaban J connectivity index is 0.00000169. The molecule has 0 N–H and O–H groups in total. The molecule has 3 heteroatoms. The van der Waals surface area contributed by atoms with E-state index >= 15 is 0 Å². The second-order valence-corrected chi connectivity index (χ2v) is 5.63. The van der Waals surface area contributed by atoms with Gasteiger partial charge in [0.15, 0.2) is 0 Å². The average Bonchev–Trinajstić information content (AvgIpc) is 2.87. The van der Waals surface area contributed by atoms with Crippen LogP contribution in [0.1, 0.15) is 0 Å². The third-order valence-electron chi connectivity index (χ3n) is 4.27. The van der Waals surface area contributed by atoms with Crippen LogP contribution in [0.25, 0.3) is 11.1 Å². The van der Waals surface area contributed by atoms with Crippen molar-refractivity contribution >= 4 is 17.1 Å². The fourth-order valence-electron chi connectivity index (χ4n) is 3.00. The summed E-state index contributed by atoms with van der Waals surface area (Å²) in [6.07, 6.45) is 0. The second kappa shape index (κ2) is 6.64. The Bertz CT molecular complexity index is 857. The number of hydrogen-bond donors (Lipinski definition) is 0. The molecule has 2 nitrogen and oxygen atoms in total. The van der Waals surface area contributed by atoms with E-state index < -0.39 is 0 Å². The van der Waals surface area contributed by atoms with Crippen LogP contribution in [0.4, 0.5) is 17.1 Å². The third kappa shape index (κ3) is 2.66. The number of hydrogen-bond acceptors (Lipinski definition) is 2. The minimum Gasteiger partial charge on any atom is -0.329 e. The second-order valence-electron chi connectivity index (χ2n) is 5.63. The molecule has 0 amide bonds. The Morgan fingerprint density at radius 2 is 1.46 bits per heavy atom. The molecule has 1 radical (unpaired) electrons. The first kappa shape index (κ1) is 16.5. The molecular formula is C21H17IrN2-. The van der Waals surface area contributed by atoms with E-state index in [1.165, 1.54) is 11.1 Å². The van der Waals surface area contributed by atoms with Crippen LogP contribution < -0.4 is 9.80 Å². The van der Waals surface area contributed by atoms with E-state index in [0.29, 0.717) is 0 Å². The minimum absolute atomic E-state index is 0. The van der Waals surface area contributed by atoms with Crippen molar-refractivity contribution in [3.63, 3.8) is 0 Å². The smallest absolute Gasteiger partial charge is 0.108 e. The molecule has 24 heavy (non-hydrogen) atoms. The first-order valence-electron chi connectivity index (χ1n) is 7.64. The first-order valence-corrected chi connectivity index (χ1v) is 7.64. The number of para-hydroxylation sites is 2. The van der Waals surface area contributed by atoms with E-state index in [9.17, 15) is 0 Å². The molecule has 0 unspecified atom stereocenters. The largest absolute Gasteiger partial charge is 0.329 e. The van der Waals surface area contributed by atoms with Crippen molar-refractivity contribution in [2.75, 3.05) is 16.8 Å². The first-order chi connectivity index (χ1) is 11.3. The predicted molar refractivity (Wildman–Crippen MR) is 96.8 cm³/mol. The van der Waals surface area contributed by atoms with Gasteiger partial charge in [0, 0.05) is 27.2 Å². The molecule has 0 atom stereocenters. The van der Waals surface area contributed by atoms with E-state index in [2.05, 4.69) is 77.0 Å². The monoisotopic (exact) mass is 490 g/mol. The van der Waals surface area contributed by atoms with Gasteiger partial charge in [-0.25, -0.2) is 0 Å². The SMILES string of the molecule is C=C1N(C)c2ccccc2N1c1[c-]cc(-c2ccccc2)cc1.[Ir]. The Morgan fingerprint density at radius 3 is 2.12 bits per heavy atom. The van der Waals surface area contributed by atoms with Gasteiger partial charge in [0.2, 0.25) is 0 Å².